The van der Waals surface area contributed by atoms with Gasteiger partial charge in [0.25, 0.3) is 0 Å². The fourth-order valence-electron chi connectivity index (χ4n) is 1.99. The number of rotatable bonds is 5. The van der Waals surface area contributed by atoms with Gasteiger partial charge in [-0.2, -0.15) is 13.2 Å². The lowest BCUT2D eigenvalue weighted by atomic mass is 10.1. The predicted molar refractivity (Wildman–Crippen MR) is 74.7 cm³/mol. The maximum absolute atomic E-state index is 12.7. The zero-order chi connectivity index (χ0) is 15.5. The summed E-state index contributed by atoms with van der Waals surface area (Å²) in [5.41, 5.74) is -0.0180. The summed E-state index contributed by atoms with van der Waals surface area (Å²) in [5.74, 6) is 0.807. The first kappa shape index (κ1) is 15.6. The summed E-state index contributed by atoms with van der Waals surface area (Å²) in [7, 11) is 0. The molecule has 1 aromatic carbocycles. The molecule has 2 aromatic rings. The fourth-order valence-corrected chi connectivity index (χ4v) is 1.99. The molecule has 0 unspecified atom stereocenters. The molecule has 3 nitrogen and oxygen atoms in total. The number of nitrogens with one attached hydrogen (secondary N) is 1. The average Bonchev–Trinajstić information content (AvgIpc) is 2.83. The number of nitrogens with zero attached hydrogens (tertiary/aromatic N) is 2. The Balaban J connectivity index is 2.14. The minimum Gasteiger partial charge on any atom is -0.329 e. The van der Waals surface area contributed by atoms with Gasteiger partial charge in [0.2, 0.25) is 0 Å². The first-order chi connectivity index (χ1) is 9.86. The van der Waals surface area contributed by atoms with Gasteiger partial charge in [-0.15, -0.1) is 0 Å². The van der Waals surface area contributed by atoms with E-state index in [1.807, 2.05) is 18.4 Å². The van der Waals surface area contributed by atoms with E-state index in [-0.39, 0.29) is 0 Å². The highest BCUT2D eigenvalue weighted by atomic mass is 19.4. The molecular weight excluding hydrogens is 279 g/mol. The van der Waals surface area contributed by atoms with Crippen LogP contribution in [0.15, 0.2) is 36.7 Å². The van der Waals surface area contributed by atoms with Crippen LogP contribution in [0.25, 0.3) is 0 Å². The zero-order valence-corrected chi connectivity index (χ0v) is 12.0. The largest absolute Gasteiger partial charge is 0.416 e. The highest BCUT2D eigenvalue weighted by molar-refractivity contribution is 5.26. The van der Waals surface area contributed by atoms with Gasteiger partial charge in [-0.25, -0.2) is 4.98 Å². The fraction of sp³-hybridized carbons (Fsp3) is 0.400. The molecule has 21 heavy (non-hydrogen) atoms. The van der Waals surface area contributed by atoms with Gasteiger partial charge in [-0.05, 0) is 17.7 Å². The van der Waals surface area contributed by atoms with Gasteiger partial charge in [-0.1, -0.05) is 26.0 Å². The third kappa shape index (κ3) is 4.32. The molecule has 0 radical (unpaired) electrons. The molecule has 114 valence electrons. The van der Waals surface area contributed by atoms with Crippen LogP contribution in [0.5, 0.6) is 0 Å². The number of alkyl halides is 3. The summed E-state index contributed by atoms with van der Waals surface area (Å²) in [6.07, 6.45) is -0.879. The highest BCUT2D eigenvalue weighted by Crippen LogP contribution is 2.29. The third-order valence-electron chi connectivity index (χ3n) is 3.08. The number of hydrogen-bond acceptors (Lipinski definition) is 2. The van der Waals surface area contributed by atoms with E-state index in [1.165, 1.54) is 12.1 Å². The van der Waals surface area contributed by atoms with Crippen LogP contribution < -0.4 is 5.32 Å². The van der Waals surface area contributed by atoms with Crippen LogP contribution in [0.2, 0.25) is 0 Å². The molecule has 2 rings (SSSR count). The average molecular weight is 297 g/mol. The number of benzene rings is 1. The van der Waals surface area contributed by atoms with Gasteiger partial charge >= 0.3 is 6.18 Å². The van der Waals surface area contributed by atoms with E-state index in [0.29, 0.717) is 24.7 Å². The minimum atomic E-state index is -4.31. The van der Waals surface area contributed by atoms with Gasteiger partial charge in [0, 0.05) is 25.0 Å². The van der Waals surface area contributed by atoms with Crippen molar-refractivity contribution in [3.63, 3.8) is 0 Å². The number of imidazole rings is 1. The Hall–Kier alpha value is -1.82. The number of aromatic nitrogens is 2. The Morgan fingerprint density at radius 3 is 2.71 bits per heavy atom. The lowest BCUT2D eigenvalue weighted by Crippen LogP contribution is -2.24. The molecule has 0 atom stereocenters. The van der Waals surface area contributed by atoms with Crippen molar-refractivity contribution in [1.29, 1.82) is 0 Å². The van der Waals surface area contributed by atoms with Crippen LogP contribution >= 0.6 is 0 Å². The van der Waals surface area contributed by atoms with E-state index in [0.717, 1.165) is 11.9 Å². The Bertz CT molecular complexity index is 588. The van der Waals surface area contributed by atoms with E-state index in [4.69, 9.17) is 0 Å². The Kier molecular flexibility index (Phi) is 4.67. The second kappa shape index (κ2) is 6.30. The summed E-state index contributed by atoms with van der Waals surface area (Å²) in [5, 5.41) is 3.25. The first-order valence-corrected chi connectivity index (χ1v) is 6.76. The van der Waals surface area contributed by atoms with Crippen molar-refractivity contribution in [1.82, 2.24) is 14.9 Å². The molecule has 0 aliphatic heterocycles. The van der Waals surface area contributed by atoms with Crippen LogP contribution in [0.3, 0.4) is 0 Å². The van der Waals surface area contributed by atoms with Crippen LogP contribution in [0, 0.1) is 0 Å². The van der Waals surface area contributed by atoms with Crippen LogP contribution in [0.4, 0.5) is 13.2 Å². The predicted octanol–water partition coefficient (Wildman–Crippen LogP) is 3.45. The molecule has 0 aliphatic carbocycles. The van der Waals surface area contributed by atoms with Crippen molar-refractivity contribution in [2.24, 2.45) is 0 Å². The van der Waals surface area contributed by atoms with Gasteiger partial charge in [0.05, 0.1) is 12.1 Å². The van der Waals surface area contributed by atoms with Crippen molar-refractivity contribution in [2.45, 2.75) is 39.2 Å². The Morgan fingerprint density at radius 1 is 1.29 bits per heavy atom. The molecular formula is C15H18F3N3. The molecule has 1 N–H and O–H groups in total. The maximum atomic E-state index is 12.7. The van der Waals surface area contributed by atoms with Crippen molar-refractivity contribution in [3.05, 3.63) is 53.6 Å². The summed E-state index contributed by atoms with van der Waals surface area (Å²) in [4.78, 5) is 4.23. The minimum absolute atomic E-state index is 0.323. The van der Waals surface area contributed by atoms with E-state index in [9.17, 15) is 13.2 Å². The summed E-state index contributed by atoms with van der Waals surface area (Å²) < 4.78 is 40.0. The second-order valence-corrected chi connectivity index (χ2v) is 5.21. The normalized spacial score (nSPS) is 12.1. The Labute approximate surface area is 121 Å². The molecule has 1 aromatic heterocycles. The van der Waals surface area contributed by atoms with E-state index in [2.05, 4.69) is 10.3 Å². The van der Waals surface area contributed by atoms with Gasteiger partial charge in [-0.3, -0.25) is 0 Å². The molecule has 0 amide bonds. The van der Waals surface area contributed by atoms with Crippen LogP contribution in [-0.2, 0) is 19.3 Å². The first-order valence-electron chi connectivity index (χ1n) is 6.76. The van der Waals surface area contributed by atoms with Crippen molar-refractivity contribution in [3.8, 4) is 0 Å². The summed E-state index contributed by atoms with van der Waals surface area (Å²) >= 11 is 0. The molecule has 0 saturated heterocycles. The second-order valence-electron chi connectivity index (χ2n) is 5.21. The summed E-state index contributed by atoms with van der Waals surface area (Å²) in [6, 6.07) is 5.71. The molecule has 0 fully saturated rings. The topological polar surface area (TPSA) is 29.9 Å². The number of halogens is 3. The van der Waals surface area contributed by atoms with Gasteiger partial charge in [0.1, 0.15) is 5.82 Å². The SMILES string of the molecule is CC(C)NCc1nccn1Cc1cccc(C(F)(F)F)c1. The van der Waals surface area contributed by atoms with Gasteiger partial charge < -0.3 is 9.88 Å². The molecule has 6 heteroatoms. The standard InChI is InChI=1S/C15H18F3N3/c1-11(2)20-9-14-19-6-7-21(14)10-12-4-3-5-13(8-12)15(16,17)18/h3-8,11,20H,9-10H2,1-2H3. The summed E-state index contributed by atoms with van der Waals surface area (Å²) in [6.45, 7) is 5.02. The van der Waals surface area contributed by atoms with Crippen molar-refractivity contribution in [2.75, 3.05) is 0 Å². The molecule has 1 heterocycles. The molecule has 0 spiro atoms. The lowest BCUT2D eigenvalue weighted by Gasteiger charge is -2.12. The highest BCUT2D eigenvalue weighted by Gasteiger charge is 2.30. The van der Waals surface area contributed by atoms with E-state index < -0.39 is 11.7 Å². The lowest BCUT2D eigenvalue weighted by molar-refractivity contribution is -0.137. The van der Waals surface area contributed by atoms with Crippen molar-refractivity contribution < 1.29 is 13.2 Å². The van der Waals surface area contributed by atoms with Crippen LogP contribution in [-0.4, -0.2) is 15.6 Å². The Morgan fingerprint density at radius 2 is 2.05 bits per heavy atom. The van der Waals surface area contributed by atoms with Gasteiger partial charge in [0.15, 0.2) is 0 Å². The molecule has 0 bridgehead atoms. The van der Waals surface area contributed by atoms with E-state index in [1.54, 1.807) is 18.5 Å². The molecule has 0 aliphatic rings. The smallest absolute Gasteiger partial charge is 0.329 e. The van der Waals surface area contributed by atoms with E-state index >= 15 is 0 Å². The van der Waals surface area contributed by atoms with Crippen molar-refractivity contribution >= 4 is 0 Å². The number of hydrogen-bond donors (Lipinski definition) is 1. The zero-order valence-electron chi connectivity index (χ0n) is 12.0. The molecule has 0 saturated carbocycles. The monoisotopic (exact) mass is 297 g/mol. The van der Waals surface area contributed by atoms with Crippen LogP contribution in [0.1, 0.15) is 30.8 Å². The maximum Gasteiger partial charge on any atom is 0.416 e. The quantitative estimate of drug-likeness (QED) is 0.916. The third-order valence-corrected chi connectivity index (χ3v) is 3.08.